The van der Waals surface area contributed by atoms with Crippen LogP contribution in [0.25, 0.3) is 0 Å². The van der Waals surface area contributed by atoms with Gasteiger partial charge in [0.05, 0.1) is 0 Å². The summed E-state index contributed by atoms with van der Waals surface area (Å²) in [6, 6.07) is 0. The predicted octanol–water partition coefficient (Wildman–Crippen LogP) is 1.89. The smallest absolute Gasteiger partial charge is 0.155 e. The summed E-state index contributed by atoms with van der Waals surface area (Å²) < 4.78 is 0. The first-order valence-corrected chi connectivity index (χ1v) is 3.88. The molecule has 2 heteroatoms. The summed E-state index contributed by atoms with van der Waals surface area (Å²) in [6.07, 6.45) is 5.15. The van der Waals surface area contributed by atoms with E-state index in [0.29, 0.717) is 6.42 Å². The lowest BCUT2D eigenvalue weighted by Gasteiger charge is -1.89. The summed E-state index contributed by atoms with van der Waals surface area (Å²) in [6.45, 7) is 3.46. The lowest BCUT2D eigenvalue weighted by atomic mass is 10.2. The van der Waals surface area contributed by atoms with Crippen LogP contribution in [-0.2, 0) is 9.59 Å². The van der Waals surface area contributed by atoms with E-state index in [1.54, 1.807) is 0 Å². The molecule has 2 nitrogen and oxygen atoms in total. The van der Waals surface area contributed by atoms with Crippen LogP contribution in [-0.4, -0.2) is 11.6 Å². The molecule has 0 aliphatic heterocycles. The molecule has 0 heterocycles. The molecule has 0 aliphatic rings. The van der Waals surface area contributed by atoms with Gasteiger partial charge < -0.3 is 0 Å². The average Bonchev–Trinajstić information content (AvgIpc) is 1.97. The number of hydrogen-bond donors (Lipinski definition) is 0. The lowest BCUT2D eigenvalue weighted by molar-refractivity contribution is -0.116. The van der Waals surface area contributed by atoms with Crippen LogP contribution in [0.3, 0.4) is 0 Å². The van der Waals surface area contributed by atoms with Gasteiger partial charge in [-0.25, -0.2) is 0 Å². The topological polar surface area (TPSA) is 34.1 Å². The number of carbonyl (C=O) groups is 2. The molecular formula is C9H14O2. The minimum absolute atomic E-state index is 0.0436. The van der Waals surface area contributed by atoms with E-state index in [0.717, 1.165) is 12.8 Å². The maximum atomic E-state index is 10.9. The molecule has 0 aromatic carbocycles. The molecule has 0 aromatic heterocycles. The van der Waals surface area contributed by atoms with Crippen molar-refractivity contribution in [3.63, 3.8) is 0 Å². The van der Waals surface area contributed by atoms with E-state index in [-0.39, 0.29) is 11.6 Å². The SMILES string of the molecule is CCCCC(=O)/C=C/C(C)=O. The van der Waals surface area contributed by atoms with E-state index in [9.17, 15) is 9.59 Å². The summed E-state index contributed by atoms with van der Waals surface area (Å²) in [5.41, 5.74) is 0. The van der Waals surface area contributed by atoms with E-state index in [1.165, 1.54) is 19.1 Å². The van der Waals surface area contributed by atoms with Gasteiger partial charge in [-0.1, -0.05) is 13.3 Å². The fourth-order valence-electron chi connectivity index (χ4n) is 0.645. The standard InChI is InChI=1S/C9H14O2/c1-3-4-5-9(11)7-6-8(2)10/h6-7H,3-5H2,1-2H3/b7-6+. The minimum Gasteiger partial charge on any atom is -0.295 e. The molecule has 11 heavy (non-hydrogen) atoms. The number of allylic oxidation sites excluding steroid dienone is 2. The van der Waals surface area contributed by atoms with E-state index < -0.39 is 0 Å². The van der Waals surface area contributed by atoms with Crippen LogP contribution in [0.1, 0.15) is 33.1 Å². The van der Waals surface area contributed by atoms with Crippen molar-refractivity contribution in [3.05, 3.63) is 12.2 Å². The second-order valence-corrected chi connectivity index (χ2v) is 2.51. The van der Waals surface area contributed by atoms with E-state index >= 15 is 0 Å². The van der Waals surface area contributed by atoms with Gasteiger partial charge in [-0.3, -0.25) is 9.59 Å². The summed E-state index contributed by atoms with van der Waals surface area (Å²) in [4.78, 5) is 21.3. The van der Waals surface area contributed by atoms with Crippen molar-refractivity contribution in [2.45, 2.75) is 33.1 Å². The molecule has 0 radical (unpaired) electrons. The normalized spacial score (nSPS) is 10.4. The van der Waals surface area contributed by atoms with Crippen LogP contribution in [0.4, 0.5) is 0 Å². The minimum atomic E-state index is -0.0742. The molecule has 62 valence electrons. The van der Waals surface area contributed by atoms with Gasteiger partial charge in [0.2, 0.25) is 0 Å². The Hall–Kier alpha value is -0.920. The van der Waals surface area contributed by atoms with Crippen LogP contribution in [0.15, 0.2) is 12.2 Å². The maximum Gasteiger partial charge on any atom is 0.155 e. The Morgan fingerprint density at radius 3 is 2.36 bits per heavy atom. The van der Waals surface area contributed by atoms with Crippen LogP contribution < -0.4 is 0 Å². The van der Waals surface area contributed by atoms with E-state index in [2.05, 4.69) is 0 Å². The highest BCUT2D eigenvalue weighted by atomic mass is 16.1. The zero-order valence-corrected chi connectivity index (χ0v) is 7.09. The van der Waals surface area contributed by atoms with E-state index in [4.69, 9.17) is 0 Å². The Labute approximate surface area is 67.3 Å². The summed E-state index contributed by atoms with van der Waals surface area (Å²) in [5, 5.41) is 0. The van der Waals surface area contributed by atoms with Gasteiger partial charge in [0, 0.05) is 6.42 Å². The Kier molecular flexibility index (Phi) is 5.35. The first-order valence-electron chi connectivity index (χ1n) is 3.88. The highest BCUT2D eigenvalue weighted by molar-refractivity contribution is 5.97. The van der Waals surface area contributed by atoms with Crippen LogP contribution in [0.5, 0.6) is 0 Å². The Balaban J connectivity index is 3.60. The van der Waals surface area contributed by atoms with Gasteiger partial charge in [0.1, 0.15) is 0 Å². The first-order chi connectivity index (χ1) is 5.16. The Bertz CT molecular complexity index is 168. The maximum absolute atomic E-state index is 10.9. The zero-order valence-electron chi connectivity index (χ0n) is 7.09. The second-order valence-electron chi connectivity index (χ2n) is 2.51. The fourth-order valence-corrected chi connectivity index (χ4v) is 0.645. The molecule has 0 atom stereocenters. The van der Waals surface area contributed by atoms with Crippen LogP contribution >= 0.6 is 0 Å². The molecule has 0 spiro atoms. The fraction of sp³-hybridized carbons (Fsp3) is 0.556. The van der Waals surface area contributed by atoms with Crippen molar-refractivity contribution in [3.8, 4) is 0 Å². The molecule has 0 saturated heterocycles. The molecule has 0 unspecified atom stereocenters. The molecule has 0 amide bonds. The quantitative estimate of drug-likeness (QED) is 0.567. The monoisotopic (exact) mass is 154 g/mol. The zero-order chi connectivity index (χ0) is 8.69. The molecular weight excluding hydrogens is 140 g/mol. The van der Waals surface area contributed by atoms with E-state index in [1.807, 2.05) is 6.92 Å². The first kappa shape index (κ1) is 10.1. The van der Waals surface area contributed by atoms with Gasteiger partial charge in [0.25, 0.3) is 0 Å². The molecule has 0 saturated carbocycles. The number of ketones is 2. The van der Waals surface area contributed by atoms with Gasteiger partial charge >= 0.3 is 0 Å². The van der Waals surface area contributed by atoms with Crippen molar-refractivity contribution >= 4 is 11.6 Å². The summed E-state index contributed by atoms with van der Waals surface area (Å²) in [5.74, 6) is -0.0306. The van der Waals surface area contributed by atoms with Crippen molar-refractivity contribution in [1.29, 1.82) is 0 Å². The third kappa shape index (κ3) is 6.97. The number of rotatable bonds is 5. The van der Waals surface area contributed by atoms with Crippen LogP contribution in [0, 0.1) is 0 Å². The van der Waals surface area contributed by atoms with Crippen molar-refractivity contribution in [1.82, 2.24) is 0 Å². The average molecular weight is 154 g/mol. The third-order valence-electron chi connectivity index (χ3n) is 1.28. The third-order valence-corrected chi connectivity index (χ3v) is 1.28. The molecule has 0 rings (SSSR count). The van der Waals surface area contributed by atoms with Crippen molar-refractivity contribution in [2.75, 3.05) is 0 Å². The number of hydrogen-bond acceptors (Lipinski definition) is 2. The van der Waals surface area contributed by atoms with Gasteiger partial charge in [-0.2, -0.15) is 0 Å². The van der Waals surface area contributed by atoms with Crippen LogP contribution in [0.2, 0.25) is 0 Å². The molecule has 0 aromatic rings. The predicted molar refractivity (Wildman–Crippen MR) is 44.4 cm³/mol. The van der Waals surface area contributed by atoms with Gasteiger partial charge in [-0.15, -0.1) is 0 Å². The van der Waals surface area contributed by atoms with Gasteiger partial charge in [0.15, 0.2) is 11.6 Å². The summed E-state index contributed by atoms with van der Waals surface area (Å²) in [7, 11) is 0. The molecule has 0 bridgehead atoms. The van der Waals surface area contributed by atoms with Crippen molar-refractivity contribution < 1.29 is 9.59 Å². The largest absolute Gasteiger partial charge is 0.295 e. The lowest BCUT2D eigenvalue weighted by Crippen LogP contribution is -1.93. The molecule has 0 aliphatic carbocycles. The van der Waals surface area contributed by atoms with Gasteiger partial charge in [-0.05, 0) is 25.5 Å². The van der Waals surface area contributed by atoms with Crippen molar-refractivity contribution in [2.24, 2.45) is 0 Å². The number of carbonyl (C=O) groups excluding carboxylic acids is 2. The molecule has 0 N–H and O–H groups in total. The molecule has 0 fully saturated rings. The second kappa shape index (κ2) is 5.83. The Morgan fingerprint density at radius 1 is 1.27 bits per heavy atom. The Morgan fingerprint density at radius 2 is 1.91 bits per heavy atom. The summed E-state index contributed by atoms with van der Waals surface area (Å²) >= 11 is 0. The highest BCUT2D eigenvalue weighted by Gasteiger charge is 1.94. The number of unbranched alkanes of at least 4 members (excludes halogenated alkanes) is 1. The highest BCUT2D eigenvalue weighted by Crippen LogP contribution is 1.95.